The van der Waals surface area contributed by atoms with Gasteiger partial charge in [0.1, 0.15) is 4.88 Å². The SMILES string of the molecule is CCCC(=O)NNC(=S)NC(=O)c1sc2ccccc2c1Cl. The largest absolute Gasteiger partial charge is 0.297 e. The molecule has 3 N–H and O–H groups in total. The lowest BCUT2D eigenvalue weighted by molar-refractivity contribution is -0.121. The Morgan fingerprint density at radius 1 is 1.27 bits per heavy atom. The van der Waals surface area contributed by atoms with Crippen LogP contribution in [0.25, 0.3) is 10.1 Å². The first-order valence-corrected chi connectivity index (χ1v) is 8.20. The summed E-state index contributed by atoms with van der Waals surface area (Å²) in [6.45, 7) is 1.89. The van der Waals surface area contributed by atoms with Crippen molar-refractivity contribution in [3.8, 4) is 0 Å². The van der Waals surface area contributed by atoms with Crippen molar-refractivity contribution < 1.29 is 9.59 Å². The number of hydrogen-bond acceptors (Lipinski definition) is 4. The van der Waals surface area contributed by atoms with Crippen LogP contribution >= 0.6 is 35.2 Å². The van der Waals surface area contributed by atoms with Crippen molar-refractivity contribution in [2.75, 3.05) is 0 Å². The molecule has 2 aromatic rings. The molecular formula is C14H14ClN3O2S2. The predicted molar refractivity (Wildman–Crippen MR) is 93.1 cm³/mol. The molecule has 0 aliphatic rings. The van der Waals surface area contributed by atoms with Crippen LogP contribution in [0, 0.1) is 0 Å². The Labute approximate surface area is 142 Å². The van der Waals surface area contributed by atoms with E-state index in [2.05, 4.69) is 16.2 Å². The molecule has 0 aliphatic carbocycles. The van der Waals surface area contributed by atoms with Crippen molar-refractivity contribution in [3.05, 3.63) is 34.2 Å². The summed E-state index contributed by atoms with van der Waals surface area (Å²) >= 11 is 12.5. The first kappa shape index (κ1) is 16.7. The van der Waals surface area contributed by atoms with Gasteiger partial charge in [-0.25, -0.2) is 0 Å². The zero-order chi connectivity index (χ0) is 16.1. The van der Waals surface area contributed by atoms with E-state index in [4.69, 9.17) is 23.8 Å². The number of thiocarbonyl (C=S) groups is 1. The van der Waals surface area contributed by atoms with Crippen LogP contribution in [0.1, 0.15) is 29.4 Å². The van der Waals surface area contributed by atoms with Crippen LogP contribution in [0.5, 0.6) is 0 Å². The van der Waals surface area contributed by atoms with Crippen molar-refractivity contribution in [3.63, 3.8) is 0 Å². The van der Waals surface area contributed by atoms with Gasteiger partial charge < -0.3 is 0 Å². The molecule has 22 heavy (non-hydrogen) atoms. The molecule has 0 aliphatic heterocycles. The Hall–Kier alpha value is -1.70. The monoisotopic (exact) mass is 355 g/mol. The first-order valence-electron chi connectivity index (χ1n) is 6.60. The van der Waals surface area contributed by atoms with E-state index in [0.29, 0.717) is 16.3 Å². The van der Waals surface area contributed by atoms with Gasteiger partial charge in [0.15, 0.2) is 5.11 Å². The van der Waals surface area contributed by atoms with Gasteiger partial charge in [-0.15, -0.1) is 11.3 Å². The van der Waals surface area contributed by atoms with E-state index in [1.165, 1.54) is 11.3 Å². The summed E-state index contributed by atoms with van der Waals surface area (Å²) in [5, 5.41) is 3.73. The van der Waals surface area contributed by atoms with Crippen molar-refractivity contribution in [2.24, 2.45) is 0 Å². The van der Waals surface area contributed by atoms with Crippen molar-refractivity contribution in [1.82, 2.24) is 16.2 Å². The molecule has 2 rings (SSSR count). The smallest absolute Gasteiger partial charge is 0.269 e. The number of rotatable bonds is 3. The second kappa shape index (κ2) is 7.53. The summed E-state index contributed by atoms with van der Waals surface area (Å²) in [7, 11) is 0. The average Bonchev–Trinajstić information content (AvgIpc) is 2.83. The lowest BCUT2D eigenvalue weighted by Crippen LogP contribution is -2.48. The van der Waals surface area contributed by atoms with Crippen molar-refractivity contribution >= 4 is 62.2 Å². The van der Waals surface area contributed by atoms with Crippen molar-refractivity contribution in [2.45, 2.75) is 19.8 Å². The third-order valence-corrected chi connectivity index (χ3v) is 4.64. The van der Waals surface area contributed by atoms with Crippen LogP contribution in [-0.2, 0) is 4.79 Å². The lowest BCUT2D eigenvalue weighted by Gasteiger charge is -2.09. The van der Waals surface area contributed by atoms with Crippen LogP contribution in [0.3, 0.4) is 0 Å². The summed E-state index contributed by atoms with van der Waals surface area (Å²) in [6, 6.07) is 7.49. The summed E-state index contributed by atoms with van der Waals surface area (Å²) < 4.78 is 0.924. The molecule has 1 heterocycles. The minimum Gasteiger partial charge on any atom is -0.297 e. The number of thiophene rings is 1. The second-order valence-electron chi connectivity index (χ2n) is 4.45. The van der Waals surface area contributed by atoms with Gasteiger partial charge in [-0.2, -0.15) is 0 Å². The van der Waals surface area contributed by atoms with E-state index >= 15 is 0 Å². The molecule has 0 fully saturated rings. The number of hydrazine groups is 1. The number of amides is 2. The van der Waals surface area contributed by atoms with Gasteiger partial charge in [0, 0.05) is 16.5 Å². The Bertz CT molecular complexity index is 730. The predicted octanol–water partition coefficient (Wildman–Crippen LogP) is 2.99. The highest BCUT2D eigenvalue weighted by molar-refractivity contribution is 7.80. The minimum absolute atomic E-state index is 0.0166. The van der Waals surface area contributed by atoms with Crippen LogP contribution in [0.15, 0.2) is 24.3 Å². The Morgan fingerprint density at radius 3 is 2.68 bits per heavy atom. The van der Waals surface area contributed by atoms with E-state index in [-0.39, 0.29) is 11.0 Å². The fourth-order valence-electron chi connectivity index (χ4n) is 1.77. The van der Waals surface area contributed by atoms with E-state index < -0.39 is 5.91 Å². The third kappa shape index (κ3) is 3.94. The number of nitrogens with one attached hydrogen (secondary N) is 3. The number of hydrogen-bond donors (Lipinski definition) is 3. The summed E-state index contributed by atoms with van der Waals surface area (Å²) in [5.41, 5.74) is 4.89. The summed E-state index contributed by atoms with van der Waals surface area (Å²) in [4.78, 5) is 23.9. The standard InChI is InChI=1S/C14H14ClN3O2S2/c1-2-5-10(19)17-18-14(21)16-13(20)12-11(15)8-6-3-4-7-9(8)22-12/h3-4,6-7H,2,5H2,1H3,(H,17,19)(H2,16,18,20,21). The van der Waals surface area contributed by atoms with Crippen LogP contribution in [0.4, 0.5) is 0 Å². The Kier molecular flexibility index (Phi) is 5.70. The average molecular weight is 356 g/mol. The second-order valence-corrected chi connectivity index (χ2v) is 6.29. The number of benzene rings is 1. The van der Waals surface area contributed by atoms with E-state index in [9.17, 15) is 9.59 Å². The molecule has 0 saturated carbocycles. The maximum absolute atomic E-state index is 12.2. The molecule has 0 atom stereocenters. The molecule has 0 bridgehead atoms. The van der Waals surface area contributed by atoms with Gasteiger partial charge in [-0.1, -0.05) is 36.7 Å². The zero-order valence-corrected chi connectivity index (χ0v) is 14.1. The molecule has 5 nitrogen and oxygen atoms in total. The molecule has 0 spiro atoms. The number of carbonyl (C=O) groups is 2. The van der Waals surface area contributed by atoms with Gasteiger partial charge in [0.05, 0.1) is 5.02 Å². The molecular weight excluding hydrogens is 342 g/mol. The molecule has 0 radical (unpaired) electrons. The van der Waals surface area contributed by atoms with Crippen LogP contribution < -0.4 is 16.2 Å². The van der Waals surface area contributed by atoms with Gasteiger partial charge in [-0.3, -0.25) is 25.8 Å². The zero-order valence-electron chi connectivity index (χ0n) is 11.7. The van der Waals surface area contributed by atoms with Gasteiger partial charge in [-0.05, 0) is 24.7 Å². The lowest BCUT2D eigenvalue weighted by atomic mass is 10.2. The minimum atomic E-state index is -0.409. The highest BCUT2D eigenvalue weighted by Gasteiger charge is 2.17. The van der Waals surface area contributed by atoms with E-state index in [1.807, 2.05) is 31.2 Å². The van der Waals surface area contributed by atoms with Crippen LogP contribution in [-0.4, -0.2) is 16.9 Å². The molecule has 8 heteroatoms. The summed E-state index contributed by atoms with van der Waals surface area (Å²) in [6.07, 6.45) is 1.11. The maximum Gasteiger partial charge on any atom is 0.269 e. The quantitative estimate of drug-likeness (QED) is 0.584. The normalized spacial score (nSPS) is 10.3. The van der Waals surface area contributed by atoms with Crippen LogP contribution in [0.2, 0.25) is 5.02 Å². The summed E-state index contributed by atoms with van der Waals surface area (Å²) in [5.74, 6) is -0.604. The highest BCUT2D eigenvalue weighted by Crippen LogP contribution is 2.34. The molecule has 1 aromatic carbocycles. The fourth-order valence-corrected chi connectivity index (χ4v) is 3.32. The number of carbonyl (C=O) groups excluding carboxylic acids is 2. The molecule has 0 saturated heterocycles. The highest BCUT2D eigenvalue weighted by atomic mass is 35.5. The van der Waals surface area contributed by atoms with E-state index in [0.717, 1.165) is 16.5 Å². The first-order chi connectivity index (χ1) is 10.5. The third-order valence-electron chi connectivity index (χ3n) is 2.76. The number of fused-ring (bicyclic) bond motifs is 1. The maximum atomic E-state index is 12.2. The fraction of sp³-hybridized carbons (Fsp3) is 0.214. The van der Waals surface area contributed by atoms with Gasteiger partial charge in [0.2, 0.25) is 5.91 Å². The molecule has 0 unspecified atom stereocenters. The number of halogens is 1. The topological polar surface area (TPSA) is 70.2 Å². The molecule has 1 aromatic heterocycles. The van der Waals surface area contributed by atoms with Gasteiger partial charge in [0.25, 0.3) is 5.91 Å². The molecule has 116 valence electrons. The van der Waals surface area contributed by atoms with E-state index in [1.54, 1.807) is 0 Å². The Morgan fingerprint density at radius 2 is 2.00 bits per heavy atom. The Balaban J connectivity index is 2.00. The molecule has 2 amide bonds. The van der Waals surface area contributed by atoms with Crippen molar-refractivity contribution in [1.29, 1.82) is 0 Å². The van der Waals surface area contributed by atoms with Gasteiger partial charge >= 0.3 is 0 Å².